The fourth-order valence-electron chi connectivity index (χ4n) is 2.25. The van der Waals surface area contributed by atoms with Crippen LogP contribution in [0.2, 0.25) is 0 Å². The van der Waals surface area contributed by atoms with E-state index in [1.54, 1.807) is 0 Å². The highest BCUT2D eigenvalue weighted by Gasteiger charge is 2.09. The highest BCUT2D eigenvalue weighted by atomic mass is 15.0. The van der Waals surface area contributed by atoms with Gasteiger partial charge in [0.2, 0.25) is 5.95 Å². The molecule has 3 aromatic rings. The Labute approximate surface area is 104 Å². The third-order valence-electron chi connectivity index (χ3n) is 2.98. The summed E-state index contributed by atoms with van der Waals surface area (Å²) in [5.74, 6) is 0.615. The third-order valence-corrected chi connectivity index (χ3v) is 2.98. The van der Waals surface area contributed by atoms with Gasteiger partial charge >= 0.3 is 0 Å². The first-order chi connectivity index (χ1) is 8.70. The van der Waals surface area contributed by atoms with Crippen LogP contribution in [0.15, 0.2) is 37.1 Å². The van der Waals surface area contributed by atoms with E-state index < -0.39 is 0 Å². The van der Waals surface area contributed by atoms with Crippen molar-refractivity contribution in [2.24, 2.45) is 0 Å². The molecule has 0 bridgehead atoms. The van der Waals surface area contributed by atoms with Crippen LogP contribution in [0.4, 0.5) is 11.8 Å². The Bertz CT molecular complexity index is 757. The summed E-state index contributed by atoms with van der Waals surface area (Å²) in [5.41, 5.74) is 13.4. The number of allylic oxidation sites excluding steroid dienone is 1. The zero-order valence-electron chi connectivity index (χ0n) is 9.80. The maximum atomic E-state index is 5.95. The van der Waals surface area contributed by atoms with Crippen LogP contribution in [0.1, 0.15) is 0 Å². The summed E-state index contributed by atoms with van der Waals surface area (Å²) in [5, 5.41) is 1.89. The molecule has 0 aliphatic carbocycles. The van der Waals surface area contributed by atoms with E-state index in [4.69, 9.17) is 11.5 Å². The van der Waals surface area contributed by atoms with E-state index >= 15 is 0 Å². The number of nitrogens with two attached hydrogens (primary N) is 2. The molecule has 4 N–H and O–H groups in total. The Balaban J connectivity index is 2.43. The lowest BCUT2D eigenvalue weighted by molar-refractivity contribution is 0.866. The second kappa shape index (κ2) is 3.73. The van der Waals surface area contributed by atoms with Gasteiger partial charge in [0.25, 0.3) is 0 Å². The largest absolute Gasteiger partial charge is 0.383 e. The Hall–Kier alpha value is -2.56. The van der Waals surface area contributed by atoms with Gasteiger partial charge in [-0.05, 0) is 18.2 Å². The Morgan fingerprint density at radius 3 is 2.83 bits per heavy atom. The van der Waals surface area contributed by atoms with Gasteiger partial charge in [-0.1, -0.05) is 6.08 Å². The van der Waals surface area contributed by atoms with E-state index in [0.717, 1.165) is 28.4 Å². The molecule has 0 saturated heterocycles. The molecule has 0 spiro atoms. The SMILES string of the molecule is C=CCn1ccc2c3c(N)nc(N)nc3ccc21. The molecule has 90 valence electrons. The van der Waals surface area contributed by atoms with Crippen molar-refractivity contribution < 1.29 is 0 Å². The van der Waals surface area contributed by atoms with Crippen LogP contribution in [0.3, 0.4) is 0 Å². The number of hydrogen-bond acceptors (Lipinski definition) is 4. The van der Waals surface area contributed by atoms with Gasteiger partial charge in [0, 0.05) is 23.6 Å². The highest BCUT2D eigenvalue weighted by molar-refractivity contribution is 6.10. The molecule has 0 aliphatic rings. The average molecular weight is 239 g/mol. The molecule has 0 aliphatic heterocycles. The first kappa shape index (κ1) is 10.6. The van der Waals surface area contributed by atoms with E-state index in [2.05, 4.69) is 21.1 Å². The van der Waals surface area contributed by atoms with E-state index in [1.165, 1.54) is 0 Å². The molecule has 0 fully saturated rings. The van der Waals surface area contributed by atoms with Gasteiger partial charge in [-0.3, -0.25) is 0 Å². The monoisotopic (exact) mass is 239 g/mol. The molecule has 3 rings (SSSR count). The number of anilines is 2. The van der Waals surface area contributed by atoms with Crippen molar-refractivity contribution in [2.75, 3.05) is 11.5 Å². The summed E-state index contributed by atoms with van der Waals surface area (Å²) in [6.07, 6.45) is 3.86. The Morgan fingerprint density at radius 1 is 1.22 bits per heavy atom. The second-order valence-corrected chi connectivity index (χ2v) is 4.12. The first-order valence-electron chi connectivity index (χ1n) is 5.62. The lowest BCUT2D eigenvalue weighted by Crippen LogP contribution is -2.01. The summed E-state index contributed by atoms with van der Waals surface area (Å²) >= 11 is 0. The number of nitrogen functional groups attached to an aromatic ring is 2. The fraction of sp³-hybridized carbons (Fsp3) is 0.0769. The van der Waals surface area contributed by atoms with Gasteiger partial charge in [0.1, 0.15) is 5.82 Å². The van der Waals surface area contributed by atoms with Gasteiger partial charge in [0.15, 0.2) is 0 Å². The summed E-state index contributed by atoms with van der Waals surface area (Å²) in [4.78, 5) is 8.22. The van der Waals surface area contributed by atoms with E-state index in [-0.39, 0.29) is 5.95 Å². The molecule has 5 nitrogen and oxygen atoms in total. The summed E-state index contributed by atoms with van der Waals surface area (Å²) < 4.78 is 2.09. The van der Waals surface area contributed by atoms with Gasteiger partial charge < -0.3 is 16.0 Å². The van der Waals surface area contributed by atoms with Crippen LogP contribution in [-0.4, -0.2) is 14.5 Å². The zero-order valence-corrected chi connectivity index (χ0v) is 9.80. The fourth-order valence-corrected chi connectivity index (χ4v) is 2.25. The van der Waals surface area contributed by atoms with Crippen molar-refractivity contribution in [1.82, 2.24) is 14.5 Å². The first-order valence-corrected chi connectivity index (χ1v) is 5.62. The van der Waals surface area contributed by atoms with Gasteiger partial charge in [0.05, 0.1) is 10.9 Å². The molecule has 0 amide bonds. The van der Waals surface area contributed by atoms with Gasteiger partial charge in [-0.15, -0.1) is 6.58 Å². The standard InChI is InChI=1S/C13H13N5/c1-2-6-18-7-5-8-10(18)4-3-9-11(8)12(14)17-13(15)16-9/h2-5,7H,1,6H2,(H4,14,15,16,17). The minimum Gasteiger partial charge on any atom is -0.383 e. The molecular weight excluding hydrogens is 226 g/mol. The lowest BCUT2D eigenvalue weighted by Gasteiger charge is -2.05. The van der Waals surface area contributed by atoms with Crippen LogP contribution < -0.4 is 11.5 Å². The summed E-state index contributed by atoms with van der Waals surface area (Å²) in [6, 6.07) is 5.93. The van der Waals surface area contributed by atoms with Crippen LogP contribution in [0, 0.1) is 0 Å². The molecule has 0 radical (unpaired) electrons. The van der Waals surface area contributed by atoms with E-state index in [9.17, 15) is 0 Å². The Kier molecular flexibility index (Phi) is 2.19. The quantitative estimate of drug-likeness (QED) is 0.669. The minimum absolute atomic E-state index is 0.199. The smallest absolute Gasteiger partial charge is 0.222 e. The maximum Gasteiger partial charge on any atom is 0.222 e. The van der Waals surface area contributed by atoms with Crippen LogP contribution in [0.5, 0.6) is 0 Å². The molecule has 1 aromatic carbocycles. The van der Waals surface area contributed by atoms with Crippen molar-refractivity contribution in [3.63, 3.8) is 0 Å². The molecule has 0 unspecified atom stereocenters. The predicted octanol–water partition coefficient (Wildman–Crippen LogP) is 1.93. The van der Waals surface area contributed by atoms with Crippen molar-refractivity contribution >= 4 is 33.6 Å². The minimum atomic E-state index is 0.199. The number of hydrogen-bond donors (Lipinski definition) is 2. The normalized spacial score (nSPS) is 11.1. The zero-order chi connectivity index (χ0) is 12.7. The summed E-state index contributed by atoms with van der Waals surface area (Å²) in [7, 11) is 0. The molecule has 2 heterocycles. The number of nitrogens with zero attached hydrogens (tertiary/aromatic N) is 3. The number of fused-ring (bicyclic) bond motifs is 3. The maximum absolute atomic E-state index is 5.95. The lowest BCUT2D eigenvalue weighted by atomic mass is 10.1. The third kappa shape index (κ3) is 1.41. The molecule has 0 atom stereocenters. The van der Waals surface area contributed by atoms with E-state index in [1.807, 2.05) is 30.5 Å². The number of rotatable bonds is 2. The van der Waals surface area contributed by atoms with Crippen molar-refractivity contribution in [2.45, 2.75) is 6.54 Å². The van der Waals surface area contributed by atoms with Crippen LogP contribution in [0.25, 0.3) is 21.8 Å². The van der Waals surface area contributed by atoms with Gasteiger partial charge in [-0.2, -0.15) is 4.98 Å². The van der Waals surface area contributed by atoms with E-state index in [0.29, 0.717) is 5.82 Å². The summed E-state index contributed by atoms with van der Waals surface area (Å²) in [6.45, 7) is 4.50. The van der Waals surface area contributed by atoms with Crippen LogP contribution >= 0.6 is 0 Å². The average Bonchev–Trinajstić information content (AvgIpc) is 2.72. The molecule has 0 saturated carbocycles. The number of aromatic nitrogens is 3. The van der Waals surface area contributed by atoms with Crippen LogP contribution in [-0.2, 0) is 6.54 Å². The van der Waals surface area contributed by atoms with Crippen molar-refractivity contribution in [3.8, 4) is 0 Å². The molecule has 18 heavy (non-hydrogen) atoms. The predicted molar refractivity (Wildman–Crippen MR) is 74.1 cm³/mol. The van der Waals surface area contributed by atoms with Crippen molar-refractivity contribution in [3.05, 3.63) is 37.1 Å². The topological polar surface area (TPSA) is 82.8 Å². The molecule has 2 aromatic heterocycles. The molecular formula is C13H13N5. The Morgan fingerprint density at radius 2 is 2.06 bits per heavy atom. The second-order valence-electron chi connectivity index (χ2n) is 4.12. The molecule has 5 heteroatoms. The number of benzene rings is 1. The highest BCUT2D eigenvalue weighted by Crippen LogP contribution is 2.29. The van der Waals surface area contributed by atoms with Gasteiger partial charge in [-0.25, -0.2) is 4.98 Å². The van der Waals surface area contributed by atoms with Crippen molar-refractivity contribution in [1.29, 1.82) is 0 Å².